The molecule has 6 nitrogen and oxygen atoms in total. The van der Waals surface area contributed by atoms with E-state index in [0.717, 1.165) is 69.2 Å². The number of hydrogen-bond acceptors (Lipinski definition) is 5. The van der Waals surface area contributed by atoms with Gasteiger partial charge >= 0.3 is 0 Å². The van der Waals surface area contributed by atoms with Crippen LogP contribution in [0, 0.1) is 11.8 Å². The van der Waals surface area contributed by atoms with E-state index in [1.807, 2.05) is 24.1 Å². The Labute approximate surface area is 246 Å². The Kier molecular flexibility index (Phi) is 7.42. The second kappa shape index (κ2) is 11.3. The fourth-order valence-corrected chi connectivity index (χ4v) is 8.09. The molecule has 2 aromatic heterocycles. The Morgan fingerprint density at radius 3 is 2.51 bits per heavy atom. The van der Waals surface area contributed by atoms with Crippen LogP contribution in [-0.2, 0) is 11.8 Å². The number of carbonyl (C=O) groups is 1. The fraction of sp³-hybridized carbons (Fsp3) is 0.500. The molecule has 3 aliphatic carbocycles. The van der Waals surface area contributed by atoms with Gasteiger partial charge in [0.2, 0.25) is 5.91 Å². The van der Waals surface area contributed by atoms with E-state index in [4.69, 9.17) is 4.98 Å². The number of fused-ring (bicyclic) bond motifs is 1. The summed E-state index contributed by atoms with van der Waals surface area (Å²) in [5.74, 6) is 1.93. The summed E-state index contributed by atoms with van der Waals surface area (Å²) in [7, 11) is 1.99. The van der Waals surface area contributed by atoms with Gasteiger partial charge in [-0.1, -0.05) is 18.2 Å². The number of benzene rings is 2. The molecule has 3 aliphatic rings. The van der Waals surface area contributed by atoms with Gasteiger partial charge < -0.3 is 10.0 Å². The SMILES string of the molecule is Cn1ncc2cc(C3CCC(CN(C(=O)C4CCC(O)CC4)c4cccc(-c5cnc(C6CC6)s5)c4)CC3)ccc21. The molecule has 0 atom stereocenters. The summed E-state index contributed by atoms with van der Waals surface area (Å²) in [6.45, 7) is 0.770. The smallest absolute Gasteiger partial charge is 0.230 e. The molecule has 7 heteroatoms. The van der Waals surface area contributed by atoms with Crippen molar-refractivity contribution in [1.82, 2.24) is 14.8 Å². The van der Waals surface area contributed by atoms with E-state index in [2.05, 4.69) is 52.5 Å². The number of aliphatic hydroxyl groups is 1. The van der Waals surface area contributed by atoms with Crippen LogP contribution in [0.4, 0.5) is 5.69 Å². The molecule has 41 heavy (non-hydrogen) atoms. The molecule has 4 aromatic rings. The number of aryl methyl sites for hydroxylation is 1. The van der Waals surface area contributed by atoms with Gasteiger partial charge in [-0.2, -0.15) is 5.10 Å². The van der Waals surface area contributed by atoms with Crippen LogP contribution >= 0.6 is 11.3 Å². The van der Waals surface area contributed by atoms with Crippen LogP contribution in [0.5, 0.6) is 0 Å². The van der Waals surface area contributed by atoms with Gasteiger partial charge in [0.1, 0.15) is 0 Å². The Morgan fingerprint density at radius 1 is 0.951 bits per heavy atom. The van der Waals surface area contributed by atoms with Crippen LogP contribution in [0.1, 0.15) is 86.6 Å². The van der Waals surface area contributed by atoms with Gasteiger partial charge in [0.25, 0.3) is 0 Å². The summed E-state index contributed by atoms with van der Waals surface area (Å²) in [5, 5.41) is 17.0. The third-order valence-corrected chi connectivity index (χ3v) is 10.9. The highest BCUT2D eigenvalue weighted by atomic mass is 32.1. The molecule has 0 radical (unpaired) electrons. The van der Waals surface area contributed by atoms with Crippen molar-refractivity contribution in [2.24, 2.45) is 18.9 Å². The molecule has 1 amide bonds. The fourth-order valence-electron chi connectivity index (χ4n) is 7.01. The summed E-state index contributed by atoms with van der Waals surface area (Å²) >= 11 is 1.80. The van der Waals surface area contributed by atoms with E-state index >= 15 is 0 Å². The molecule has 3 fully saturated rings. The first-order chi connectivity index (χ1) is 20.0. The van der Waals surface area contributed by atoms with Gasteiger partial charge in [-0.15, -0.1) is 11.3 Å². The van der Waals surface area contributed by atoms with Crippen LogP contribution < -0.4 is 4.90 Å². The topological polar surface area (TPSA) is 71.2 Å². The Balaban J connectivity index is 1.09. The highest BCUT2D eigenvalue weighted by Crippen LogP contribution is 2.44. The van der Waals surface area contributed by atoms with Crippen molar-refractivity contribution in [2.75, 3.05) is 11.4 Å². The Morgan fingerprint density at radius 2 is 1.73 bits per heavy atom. The number of rotatable bonds is 7. The minimum Gasteiger partial charge on any atom is -0.393 e. The molecule has 0 spiro atoms. The predicted octanol–water partition coefficient (Wildman–Crippen LogP) is 7.43. The molecule has 0 saturated heterocycles. The van der Waals surface area contributed by atoms with E-state index in [1.165, 1.54) is 39.2 Å². The van der Waals surface area contributed by atoms with Crippen LogP contribution in [0.3, 0.4) is 0 Å². The van der Waals surface area contributed by atoms with E-state index in [0.29, 0.717) is 17.8 Å². The molecule has 2 heterocycles. The third-order valence-electron chi connectivity index (χ3n) is 9.73. The second-order valence-corrected chi connectivity index (χ2v) is 13.7. The standard InChI is InChI=1S/C34H40N4O2S/c1-37-31-16-13-26(17-28(31)19-36-37)23-7-5-22(6-8-23)21-38(34(40)25-11-14-30(39)15-12-25)29-4-2-3-27(18-29)32-20-35-33(41-32)24-9-10-24/h2-4,13,16-20,22-25,30,39H,5-12,14-15,21H2,1H3. The average molecular weight is 569 g/mol. The molecule has 0 aliphatic heterocycles. The number of hydrogen-bond donors (Lipinski definition) is 1. The molecule has 7 rings (SSSR count). The molecular formula is C34H40N4O2S. The van der Waals surface area contributed by atoms with Crippen molar-refractivity contribution < 1.29 is 9.90 Å². The highest BCUT2D eigenvalue weighted by molar-refractivity contribution is 7.15. The summed E-state index contributed by atoms with van der Waals surface area (Å²) in [6, 6.07) is 15.4. The number of carbonyl (C=O) groups excluding carboxylic acids is 1. The monoisotopic (exact) mass is 568 g/mol. The Hall–Kier alpha value is -3.03. The van der Waals surface area contributed by atoms with Gasteiger partial charge in [-0.05, 0) is 111 Å². The number of aliphatic hydroxyl groups excluding tert-OH is 1. The molecule has 0 bridgehead atoms. The van der Waals surface area contributed by atoms with Crippen LogP contribution in [0.2, 0.25) is 0 Å². The van der Waals surface area contributed by atoms with Crippen LogP contribution in [0.25, 0.3) is 21.3 Å². The van der Waals surface area contributed by atoms with Gasteiger partial charge in [0.05, 0.1) is 27.7 Å². The van der Waals surface area contributed by atoms with Crippen molar-refractivity contribution in [3.8, 4) is 10.4 Å². The maximum absolute atomic E-state index is 14.1. The maximum Gasteiger partial charge on any atom is 0.230 e. The van der Waals surface area contributed by atoms with Gasteiger partial charge in [0.15, 0.2) is 0 Å². The second-order valence-electron chi connectivity index (χ2n) is 12.6. The zero-order valence-electron chi connectivity index (χ0n) is 23.9. The number of thiazole rings is 1. The molecular weight excluding hydrogens is 528 g/mol. The van der Waals surface area contributed by atoms with Crippen molar-refractivity contribution >= 4 is 33.8 Å². The summed E-state index contributed by atoms with van der Waals surface area (Å²) < 4.78 is 1.94. The number of aromatic nitrogens is 3. The summed E-state index contributed by atoms with van der Waals surface area (Å²) in [6.07, 6.45) is 13.8. The van der Waals surface area contributed by atoms with Gasteiger partial charge in [0, 0.05) is 42.7 Å². The third kappa shape index (κ3) is 5.71. The van der Waals surface area contributed by atoms with Gasteiger partial charge in [-0.3, -0.25) is 9.48 Å². The summed E-state index contributed by atoms with van der Waals surface area (Å²) in [4.78, 5) is 22.1. The lowest BCUT2D eigenvalue weighted by atomic mass is 9.78. The zero-order valence-corrected chi connectivity index (χ0v) is 24.7. The van der Waals surface area contributed by atoms with E-state index in [-0.39, 0.29) is 17.9 Å². The largest absolute Gasteiger partial charge is 0.393 e. The van der Waals surface area contributed by atoms with Crippen molar-refractivity contribution in [3.63, 3.8) is 0 Å². The van der Waals surface area contributed by atoms with Crippen LogP contribution in [0.15, 0.2) is 54.9 Å². The minimum absolute atomic E-state index is 0.00511. The molecule has 3 saturated carbocycles. The number of amides is 1. The lowest BCUT2D eigenvalue weighted by molar-refractivity contribution is -0.124. The lowest BCUT2D eigenvalue weighted by Gasteiger charge is -2.36. The molecule has 1 N–H and O–H groups in total. The lowest BCUT2D eigenvalue weighted by Crippen LogP contribution is -2.41. The van der Waals surface area contributed by atoms with Crippen molar-refractivity contribution in [3.05, 3.63) is 65.4 Å². The Bertz CT molecular complexity index is 1520. The van der Waals surface area contributed by atoms with E-state index in [1.54, 1.807) is 11.3 Å². The molecule has 0 unspecified atom stereocenters. The summed E-state index contributed by atoms with van der Waals surface area (Å²) in [5.41, 5.74) is 4.75. The normalized spacial score (nSPS) is 24.9. The number of nitrogens with zero attached hydrogens (tertiary/aromatic N) is 4. The van der Waals surface area contributed by atoms with E-state index < -0.39 is 0 Å². The van der Waals surface area contributed by atoms with Crippen LogP contribution in [-0.4, -0.2) is 38.4 Å². The zero-order chi connectivity index (χ0) is 27.9. The predicted molar refractivity (Wildman–Crippen MR) is 165 cm³/mol. The van der Waals surface area contributed by atoms with Gasteiger partial charge in [-0.25, -0.2) is 4.98 Å². The maximum atomic E-state index is 14.1. The quantitative estimate of drug-likeness (QED) is 0.252. The van der Waals surface area contributed by atoms with E-state index in [9.17, 15) is 9.90 Å². The highest BCUT2D eigenvalue weighted by Gasteiger charge is 2.33. The number of anilines is 1. The molecule has 2 aromatic carbocycles. The van der Waals surface area contributed by atoms with Crippen molar-refractivity contribution in [1.29, 1.82) is 0 Å². The first-order valence-electron chi connectivity index (χ1n) is 15.5. The molecule has 214 valence electrons. The first-order valence-corrected chi connectivity index (χ1v) is 16.3. The average Bonchev–Trinajstić information content (AvgIpc) is 3.62. The van der Waals surface area contributed by atoms with Crippen molar-refractivity contribution in [2.45, 2.75) is 82.1 Å². The minimum atomic E-state index is -0.260. The first kappa shape index (κ1) is 26.8.